The van der Waals surface area contributed by atoms with Crippen LogP contribution in [0.3, 0.4) is 0 Å². The average Bonchev–Trinajstić information content (AvgIpc) is 2.53. The van der Waals surface area contributed by atoms with Crippen molar-refractivity contribution in [1.29, 1.82) is 0 Å². The fraction of sp³-hybridized carbons (Fsp3) is 0.294. The zero-order chi connectivity index (χ0) is 14.8. The topological polar surface area (TPSA) is 39.7 Å². The zero-order valence-corrected chi connectivity index (χ0v) is 12.5. The molecule has 0 amide bonds. The highest BCUT2D eigenvalue weighted by Gasteiger charge is 2.24. The van der Waals surface area contributed by atoms with Crippen molar-refractivity contribution in [3.63, 3.8) is 0 Å². The summed E-state index contributed by atoms with van der Waals surface area (Å²) in [6.45, 7) is 2.75. The van der Waals surface area contributed by atoms with Gasteiger partial charge in [0.25, 0.3) is 0 Å². The Hall–Kier alpha value is -2.36. The predicted molar refractivity (Wildman–Crippen MR) is 82.6 cm³/mol. The summed E-state index contributed by atoms with van der Waals surface area (Å²) < 4.78 is 16.9. The third-order valence-corrected chi connectivity index (χ3v) is 3.67. The Kier molecular flexibility index (Phi) is 3.60. The van der Waals surface area contributed by atoms with Gasteiger partial charge in [0.1, 0.15) is 23.4 Å². The summed E-state index contributed by atoms with van der Waals surface area (Å²) >= 11 is 0. The van der Waals surface area contributed by atoms with Crippen molar-refractivity contribution in [3.8, 4) is 17.2 Å². The van der Waals surface area contributed by atoms with Crippen LogP contribution in [0.1, 0.15) is 17.2 Å². The summed E-state index contributed by atoms with van der Waals surface area (Å²) in [4.78, 5) is 0. The molecule has 0 spiro atoms. The van der Waals surface area contributed by atoms with Gasteiger partial charge < -0.3 is 19.5 Å². The van der Waals surface area contributed by atoms with E-state index in [2.05, 4.69) is 18.3 Å². The van der Waals surface area contributed by atoms with Gasteiger partial charge in [0.2, 0.25) is 0 Å². The molecule has 1 heterocycles. The summed E-state index contributed by atoms with van der Waals surface area (Å²) in [5, 5.41) is 3.41. The highest BCUT2D eigenvalue weighted by molar-refractivity contribution is 5.60. The lowest BCUT2D eigenvalue weighted by molar-refractivity contribution is 0.204. The first-order chi connectivity index (χ1) is 10.2. The lowest BCUT2D eigenvalue weighted by Gasteiger charge is -2.29. The van der Waals surface area contributed by atoms with Crippen molar-refractivity contribution in [1.82, 2.24) is 0 Å². The van der Waals surface area contributed by atoms with E-state index in [1.54, 1.807) is 14.2 Å². The smallest absolute Gasteiger partial charge is 0.145 e. The average molecular weight is 285 g/mol. The molecule has 2 aromatic rings. The number of rotatable bonds is 3. The van der Waals surface area contributed by atoms with Gasteiger partial charge in [-0.2, -0.15) is 0 Å². The molecular weight excluding hydrogens is 266 g/mol. The first-order valence-electron chi connectivity index (χ1n) is 6.94. The maximum atomic E-state index is 6.14. The Labute approximate surface area is 124 Å². The molecule has 1 aliphatic heterocycles. The Morgan fingerprint density at radius 3 is 2.71 bits per heavy atom. The number of fused-ring (bicyclic) bond motifs is 1. The summed E-state index contributed by atoms with van der Waals surface area (Å²) in [5.41, 5.74) is 3.18. The van der Waals surface area contributed by atoms with Crippen LogP contribution in [0.5, 0.6) is 17.2 Å². The minimum Gasteiger partial charge on any atom is -0.497 e. The SMILES string of the molecule is COc1ccc(OC)c(C2CNc3ccc(C)cc3O2)c1. The van der Waals surface area contributed by atoms with Crippen molar-refractivity contribution in [2.24, 2.45) is 0 Å². The van der Waals surface area contributed by atoms with E-state index >= 15 is 0 Å². The van der Waals surface area contributed by atoms with Crippen molar-refractivity contribution in [2.45, 2.75) is 13.0 Å². The molecule has 0 aromatic heterocycles. The van der Waals surface area contributed by atoms with Gasteiger partial charge in [-0.1, -0.05) is 6.07 Å². The molecule has 1 unspecified atom stereocenters. The molecule has 1 aliphatic rings. The highest BCUT2D eigenvalue weighted by atomic mass is 16.5. The molecular formula is C17H19NO3. The van der Waals surface area contributed by atoms with E-state index in [1.165, 1.54) is 5.56 Å². The number of methoxy groups -OCH3 is 2. The van der Waals surface area contributed by atoms with Gasteiger partial charge in [-0.15, -0.1) is 0 Å². The monoisotopic (exact) mass is 285 g/mol. The highest BCUT2D eigenvalue weighted by Crippen LogP contribution is 2.38. The molecule has 3 rings (SSSR count). The van der Waals surface area contributed by atoms with Crippen LogP contribution < -0.4 is 19.5 Å². The lowest BCUT2D eigenvalue weighted by atomic mass is 10.1. The summed E-state index contributed by atoms with van der Waals surface area (Å²) in [6.07, 6.45) is -0.107. The van der Waals surface area contributed by atoms with Gasteiger partial charge in [-0.25, -0.2) is 0 Å². The molecule has 4 heteroatoms. The maximum absolute atomic E-state index is 6.14. The van der Waals surface area contributed by atoms with Gasteiger partial charge in [-0.05, 0) is 42.8 Å². The first kappa shape index (κ1) is 13.6. The van der Waals surface area contributed by atoms with Crippen LogP contribution in [-0.2, 0) is 0 Å². The third-order valence-electron chi connectivity index (χ3n) is 3.67. The standard InChI is InChI=1S/C17H19NO3/c1-11-4-6-14-16(8-11)21-17(10-18-14)13-9-12(19-2)5-7-15(13)20-3/h4-9,17-18H,10H2,1-3H3. The van der Waals surface area contributed by atoms with Gasteiger partial charge in [0.15, 0.2) is 0 Å². The molecule has 0 radical (unpaired) electrons. The number of benzene rings is 2. The van der Waals surface area contributed by atoms with Gasteiger partial charge in [0.05, 0.1) is 26.5 Å². The number of hydrogen-bond acceptors (Lipinski definition) is 4. The van der Waals surface area contributed by atoms with E-state index in [0.717, 1.165) is 28.5 Å². The number of hydrogen-bond donors (Lipinski definition) is 1. The second kappa shape index (κ2) is 5.56. The summed E-state index contributed by atoms with van der Waals surface area (Å²) in [7, 11) is 3.32. The number of ether oxygens (including phenoxy) is 3. The molecule has 4 nitrogen and oxygen atoms in total. The second-order valence-corrected chi connectivity index (χ2v) is 5.09. The van der Waals surface area contributed by atoms with Crippen molar-refractivity contribution in [3.05, 3.63) is 47.5 Å². The van der Waals surface area contributed by atoms with E-state index in [1.807, 2.05) is 30.3 Å². The Bertz CT molecular complexity index is 654. The third kappa shape index (κ3) is 2.61. The van der Waals surface area contributed by atoms with E-state index < -0.39 is 0 Å². The molecule has 0 saturated heterocycles. The van der Waals surface area contributed by atoms with Crippen molar-refractivity contribution < 1.29 is 14.2 Å². The van der Waals surface area contributed by atoms with Crippen LogP contribution in [0.25, 0.3) is 0 Å². The largest absolute Gasteiger partial charge is 0.497 e. The molecule has 0 aliphatic carbocycles. The molecule has 110 valence electrons. The Balaban J connectivity index is 1.95. The summed E-state index contributed by atoms with van der Waals surface area (Å²) in [6, 6.07) is 11.9. The zero-order valence-electron chi connectivity index (χ0n) is 12.5. The molecule has 0 saturated carbocycles. The van der Waals surface area contributed by atoms with Gasteiger partial charge in [0, 0.05) is 5.56 Å². The molecule has 0 fully saturated rings. The van der Waals surface area contributed by atoms with E-state index in [4.69, 9.17) is 14.2 Å². The van der Waals surface area contributed by atoms with Crippen LogP contribution in [0, 0.1) is 6.92 Å². The molecule has 0 bridgehead atoms. The van der Waals surface area contributed by atoms with E-state index in [0.29, 0.717) is 6.54 Å². The van der Waals surface area contributed by atoms with Gasteiger partial charge in [-0.3, -0.25) is 0 Å². The minimum absolute atomic E-state index is 0.107. The van der Waals surface area contributed by atoms with Crippen LogP contribution in [0.2, 0.25) is 0 Å². The fourth-order valence-corrected chi connectivity index (χ4v) is 2.54. The molecule has 1 N–H and O–H groups in total. The number of anilines is 1. The van der Waals surface area contributed by atoms with Crippen LogP contribution >= 0.6 is 0 Å². The van der Waals surface area contributed by atoms with Crippen LogP contribution in [0.4, 0.5) is 5.69 Å². The quantitative estimate of drug-likeness (QED) is 0.936. The molecule has 1 atom stereocenters. The minimum atomic E-state index is -0.107. The fourth-order valence-electron chi connectivity index (χ4n) is 2.54. The number of aryl methyl sites for hydroxylation is 1. The van der Waals surface area contributed by atoms with Crippen molar-refractivity contribution >= 4 is 5.69 Å². The van der Waals surface area contributed by atoms with Crippen LogP contribution in [0.15, 0.2) is 36.4 Å². The van der Waals surface area contributed by atoms with E-state index in [9.17, 15) is 0 Å². The second-order valence-electron chi connectivity index (χ2n) is 5.09. The number of nitrogens with one attached hydrogen (secondary N) is 1. The van der Waals surface area contributed by atoms with Crippen LogP contribution in [-0.4, -0.2) is 20.8 Å². The van der Waals surface area contributed by atoms with Gasteiger partial charge >= 0.3 is 0 Å². The molecule has 21 heavy (non-hydrogen) atoms. The van der Waals surface area contributed by atoms with E-state index in [-0.39, 0.29) is 6.10 Å². The van der Waals surface area contributed by atoms with Crippen molar-refractivity contribution in [2.75, 3.05) is 26.1 Å². The predicted octanol–water partition coefficient (Wildman–Crippen LogP) is 3.56. The normalized spacial score (nSPS) is 16.4. The lowest BCUT2D eigenvalue weighted by Crippen LogP contribution is -2.24. The molecule has 2 aromatic carbocycles. The Morgan fingerprint density at radius 2 is 1.95 bits per heavy atom. The maximum Gasteiger partial charge on any atom is 0.145 e. The first-order valence-corrected chi connectivity index (χ1v) is 6.94. The Morgan fingerprint density at radius 1 is 1.10 bits per heavy atom. The summed E-state index contributed by atoms with van der Waals surface area (Å²) in [5.74, 6) is 2.47.